The van der Waals surface area contributed by atoms with Crippen LogP contribution in [0.15, 0.2) is 59.6 Å². The molecule has 0 aliphatic rings. The second kappa shape index (κ2) is 9.48. The molecule has 0 saturated carbocycles. The molecule has 1 heterocycles. The molecular weight excluding hydrogens is 424 g/mol. The van der Waals surface area contributed by atoms with E-state index in [0.29, 0.717) is 17.3 Å². The summed E-state index contributed by atoms with van der Waals surface area (Å²) in [4.78, 5) is 1.36. The maximum absolute atomic E-state index is 10.3. The van der Waals surface area contributed by atoms with Crippen molar-refractivity contribution >= 4 is 15.9 Å². The first-order valence-electron chi connectivity index (χ1n) is 8.71. The molecule has 0 aliphatic heterocycles. The molecule has 2 aromatic carbocycles. The Labute approximate surface area is 171 Å². The Morgan fingerprint density at radius 2 is 2.00 bits per heavy atom. The van der Waals surface area contributed by atoms with Gasteiger partial charge < -0.3 is 14.6 Å². The molecule has 0 spiro atoms. The van der Waals surface area contributed by atoms with Gasteiger partial charge in [-0.05, 0) is 53.6 Å². The number of aromatic nitrogens is 4. The van der Waals surface area contributed by atoms with Crippen molar-refractivity contribution in [1.82, 2.24) is 20.2 Å². The Hall–Kier alpha value is -2.71. The lowest BCUT2D eigenvalue weighted by Crippen LogP contribution is -2.25. The van der Waals surface area contributed by atoms with Gasteiger partial charge in [0, 0.05) is 10.0 Å². The Balaban J connectivity index is 1.58. The summed E-state index contributed by atoms with van der Waals surface area (Å²) in [5.41, 5.74) is 1.93. The monoisotopic (exact) mass is 444 g/mol. The van der Waals surface area contributed by atoms with Gasteiger partial charge in [0.1, 0.15) is 12.7 Å². The van der Waals surface area contributed by atoms with Crippen LogP contribution in [0.4, 0.5) is 0 Å². The van der Waals surface area contributed by atoms with Crippen LogP contribution in [-0.4, -0.2) is 45.1 Å². The number of halogens is 1. The Kier molecular flexibility index (Phi) is 6.78. The number of hydrogen-bond donors (Lipinski definition) is 1. The zero-order valence-electron chi connectivity index (χ0n) is 15.5. The van der Waals surface area contributed by atoms with Gasteiger partial charge in [-0.15, -0.1) is 16.8 Å². The van der Waals surface area contributed by atoms with Gasteiger partial charge in [-0.2, -0.15) is 4.80 Å². The molecule has 146 valence electrons. The zero-order chi connectivity index (χ0) is 19.9. The van der Waals surface area contributed by atoms with Gasteiger partial charge in [-0.3, -0.25) is 0 Å². The van der Waals surface area contributed by atoms with E-state index in [0.717, 1.165) is 22.0 Å². The Morgan fingerprint density at radius 1 is 1.21 bits per heavy atom. The standard InChI is InChI=1S/C20H21BrN4O3/c1-3-4-14-5-10-18(19(11-14)27-2)28-13-17(26)12-25-23-20(22-24-25)15-6-8-16(21)9-7-15/h3,5-11,17,26H,1,4,12-13H2,2H3. The van der Waals surface area contributed by atoms with Crippen LogP contribution in [0.25, 0.3) is 11.4 Å². The predicted octanol–water partition coefficient (Wildman–Crippen LogP) is 3.28. The van der Waals surface area contributed by atoms with Crippen LogP contribution in [0.3, 0.4) is 0 Å². The van der Waals surface area contributed by atoms with E-state index in [4.69, 9.17) is 9.47 Å². The maximum atomic E-state index is 10.3. The second-order valence-corrected chi connectivity index (χ2v) is 7.03. The van der Waals surface area contributed by atoms with E-state index in [1.807, 2.05) is 48.5 Å². The molecule has 0 bridgehead atoms. The summed E-state index contributed by atoms with van der Waals surface area (Å²) in [6.07, 6.45) is 1.77. The molecule has 1 N–H and O–H groups in total. The van der Waals surface area contributed by atoms with Gasteiger partial charge in [-0.1, -0.05) is 28.1 Å². The summed E-state index contributed by atoms with van der Waals surface area (Å²) in [7, 11) is 1.58. The molecule has 3 rings (SSSR count). The number of benzene rings is 2. The summed E-state index contributed by atoms with van der Waals surface area (Å²) < 4.78 is 12.0. The number of ether oxygens (including phenoxy) is 2. The van der Waals surface area contributed by atoms with Crippen LogP contribution in [0.5, 0.6) is 11.5 Å². The van der Waals surface area contributed by atoms with Crippen molar-refractivity contribution in [2.24, 2.45) is 0 Å². The number of aliphatic hydroxyl groups excluding tert-OH is 1. The molecular formula is C20H21BrN4O3. The predicted molar refractivity (Wildman–Crippen MR) is 109 cm³/mol. The highest BCUT2D eigenvalue weighted by Gasteiger charge is 2.13. The first-order valence-corrected chi connectivity index (χ1v) is 9.50. The molecule has 0 aliphatic carbocycles. The average molecular weight is 445 g/mol. The van der Waals surface area contributed by atoms with Gasteiger partial charge >= 0.3 is 0 Å². The maximum Gasteiger partial charge on any atom is 0.204 e. The third-order valence-electron chi connectivity index (χ3n) is 3.97. The fourth-order valence-corrected chi connectivity index (χ4v) is 2.85. The van der Waals surface area contributed by atoms with Crippen molar-refractivity contribution in [3.63, 3.8) is 0 Å². The lowest BCUT2D eigenvalue weighted by molar-refractivity contribution is 0.0836. The van der Waals surface area contributed by atoms with Gasteiger partial charge in [0.25, 0.3) is 0 Å². The normalized spacial score (nSPS) is 11.8. The highest BCUT2D eigenvalue weighted by Crippen LogP contribution is 2.28. The lowest BCUT2D eigenvalue weighted by atomic mass is 10.1. The lowest BCUT2D eigenvalue weighted by Gasteiger charge is -2.14. The minimum absolute atomic E-state index is 0.0757. The molecule has 0 fully saturated rings. The Bertz CT molecular complexity index is 927. The third-order valence-corrected chi connectivity index (χ3v) is 4.50. The second-order valence-electron chi connectivity index (χ2n) is 6.12. The SMILES string of the molecule is C=CCc1ccc(OCC(O)Cn2nnc(-c3ccc(Br)cc3)n2)c(OC)c1. The molecule has 1 atom stereocenters. The van der Waals surface area contributed by atoms with Gasteiger partial charge in [0.05, 0.1) is 13.7 Å². The quantitative estimate of drug-likeness (QED) is 0.509. The van der Waals surface area contributed by atoms with Crippen LogP contribution in [-0.2, 0) is 13.0 Å². The number of aliphatic hydroxyl groups is 1. The van der Waals surface area contributed by atoms with E-state index in [1.165, 1.54) is 4.80 Å². The van der Waals surface area contributed by atoms with E-state index < -0.39 is 6.10 Å². The summed E-state index contributed by atoms with van der Waals surface area (Å²) in [5, 5.41) is 22.6. The Morgan fingerprint density at radius 3 is 2.71 bits per heavy atom. The van der Waals surface area contributed by atoms with E-state index in [1.54, 1.807) is 7.11 Å². The van der Waals surface area contributed by atoms with Crippen molar-refractivity contribution < 1.29 is 14.6 Å². The fourth-order valence-electron chi connectivity index (χ4n) is 2.59. The molecule has 8 heteroatoms. The molecule has 7 nitrogen and oxygen atoms in total. The minimum Gasteiger partial charge on any atom is -0.493 e. The van der Waals surface area contributed by atoms with Crippen LogP contribution in [0.1, 0.15) is 5.56 Å². The first kappa shape index (κ1) is 20.0. The number of hydrogen-bond acceptors (Lipinski definition) is 6. The van der Waals surface area contributed by atoms with Gasteiger partial charge in [0.2, 0.25) is 5.82 Å². The van der Waals surface area contributed by atoms with Crippen molar-refractivity contribution in [1.29, 1.82) is 0 Å². The van der Waals surface area contributed by atoms with Crippen molar-refractivity contribution in [2.45, 2.75) is 19.1 Å². The smallest absolute Gasteiger partial charge is 0.204 e. The van der Waals surface area contributed by atoms with E-state index in [9.17, 15) is 5.11 Å². The van der Waals surface area contributed by atoms with E-state index >= 15 is 0 Å². The summed E-state index contributed by atoms with van der Waals surface area (Å²) >= 11 is 3.39. The molecule has 0 radical (unpaired) electrons. The van der Waals surface area contributed by atoms with Crippen molar-refractivity contribution in [3.8, 4) is 22.9 Å². The molecule has 28 heavy (non-hydrogen) atoms. The minimum atomic E-state index is -0.801. The molecule has 1 unspecified atom stereocenters. The number of tetrazole rings is 1. The van der Waals surface area contributed by atoms with Crippen molar-refractivity contribution in [2.75, 3.05) is 13.7 Å². The molecule has 1 aromatic heterocycles. The summed E-state index contributed by atoms with van der Waals surface area (Å²) in [6, 6.07) is 13.3. The number of methoxy groups -OCH3 is 1. The molecule has 0 amide bonds. The highest BCUT2D eigenvalue weighted by atomic mass is 79.9. The summed E-state index contributed by atoms with van der Waals surface area (Å²) in [6.45, 7) is 3.97. The highest BCUT2D eigenvalue weighted by molar-refractivity contribution is 9.10. The summed E-state index contributed by atoms with van der Waals surface area (Å²) in [5.74, 6) is 1.68. The van der Waals surface area contributed by atoms with Crippen LogP contribution in [0, 0.1) is 0 Å². The van der Waals surface area contributed by atoms with E-state index in [2.05, 4.69) is 37.9 Å². The largest absolute Gasteiger partial charge is 0.493 e. The number of nitrogens with zero attached hydrogens (tertiary/aromatic N) is 4. The first-order chi connectivity index (χ1) is 13.6. The topological polar surface area (TPSA) is 82.3 Å². The van der Waals surface area contributed by atoms with Crippen LogP contribution >= 0.6 is 15.9 Å². The van der Waals surface area contributed by atoms with Crippen LogP contribution < -0.4 is 9.47 Å². The van der Waals surface area contributed by atoms with Crippen LogP contribution in [0.2, 0.25) is 0 Å². The number of allylic oxidation sites excluding steroid dienone is 1. The van der Waals surface area contributed by atoms with E-state index in [-0.39, 0.29) is 13.2 Å². The average Bonchev–Trinajstić information content (AvgIpc) is 3.16. The van der Waals surface area contributed by atoms with Gasteiger partial charge in [-0.25, -0.2) is 0 Å². The van der Waals surface area contributed by atoms with Gasteiger partial charge in [0.15, 0.2) is 11.5 Å². The number of rotatable bonds is 9. The molecule has 3 aromatic rings. The van der Waals surface area contributed by atoms with Crippen molar-refractivity contribution in [3.05, 3.63) is 65.2 Å². The fraction of sp³-hybridized carbons (Fsp3) is 0.250. The zero-order valence-corrected chi connectivity index (χ0v) is 17.0. The third kappa shape index (κ3) is 5.17. The molecule has 0 saturated heterocycles.